The van der Waals surface area contributed by atoms with Crippen molar-refractivity contribution < 1.29 is 0 Å². The first-order chi connectivity index (χ1) is 6.69. The van der Waals surface area contributed by atoms with Crippen LogP contribution in [0.15, 0.2) is 0 Å². The molecule has 1 heterocycles. The van der Waals surface area contributed by atoms with Crippen molar-refractivity contribution >= 4 is 0 Å². The van der Waals surface area contributed by atoms with Gasteiger partial charge in [-0.25, -0.2) is 5.43 Å². The van der Waals surface area contributed by atoms with Gasteiger partial charge in [-0.2, -0.15) is 0 Å². The maximum absolute atomic E-state index is 5.49. The van der Waals surface area contributed by atoms with E-state index < -0.39 is 0 Å². The van der Waals surface area contributed by atoms with Crippen LogP contribution in [0.1, 0.15) is 33.1 Å². The Kier molecular flexibility index (Phi) is 3.94. The Morgan fingerprint density at radius 2 is 2.14 bits per heavy atom. The molecule has 3 heteroatoms. The van der Waals surface area contributed by atoms with E-state index in [0.29, 0.717) is 0 Å². The van der Waals surface area contributed by atoms with Crippen LogP contribution in [0.5, 0.6) is 0 Å². The van der Waals surface area contributed by atoms with E-state index in [2.05, 4.69) is 30.1 Å². The molecular weight excluding hydrogens is 174 g/mol. The van der Waals surface area contributed by atoms with Gasteiger partial charge in [-0.05, 0) is 39.3 Å². The summed E-state index contributed by atoms with van der Waals surface area (Å²) in [5, 5.41) is 0. The molecule has 2 atom stereocenters. The van der Waals surface area contributed by atoms with E-state index >= 15 is 0 Å². The number of likely N-dealkylation sites (tertiary alicyclic amines) is 1. The summed E-state index contributed by atoms with van der Waals surface area (Å²) in [5.74, 6) is 8.24. The van der Waals surface area contributed by atoms with Crippen LogP contribution in [0.4, 0.5) is 0 Å². The van der Waals surface area contributed by atoms with E-state index in [1.54, 1.807) is 0 Å². The number of rotatable bonds is 4. The molecule has 0 aromatic carbocycles. The predicted octanol–water partition coefficient (Wildman–Crippen LogP) is 0.716. The smallest absolute Gasteiger partial charge is 0.0995 e. The first kappa shape index (κ1) is 11.5. The third-order valence-electron chi connectivity index (χ3n) is 3.50. The van der Waals surface area contributed by atoms with Crippen molar-refractivity contribution in [2.24, 2.45) is 5.84 Å². The van der Waals surface area contributed by atoms with E-state index in [0.717, 1.165) is 19.5 Å². The van der Waals surface area contributed by atoms with Crippen LogP contribution in [-0.2, 0) is 0 Å². The highest BCUT2D eigenvalue weighted by atomic mass is 15.3. The van der Waals surface area contributed by atoms with Gasteiger partial charge in [0.05, 0.1) is 6.04 Å². The maximum atomic E-state index is 5.49. The molecular formula is C11H21N3. The van der Waals surface area contributed by atoms with Gasteiger partial charge in [-0.3, -0.25) is 10.7 Å². The van der Waals surface area contributed by atoms with E-state index in [-0.39, 0.29) is 11.6 Å². The molecule has 80 valence electrons. The third kappa shape index (κ3) is 1.93. The van der Waals surface area contributed by atoms with Crippen LogP contribution in [0, 0.1) is 12.3 Å². The van der Waals surface area contributed by atoms with Crippen molar-refractivity contribution in [2.75, 3.05) is 13.1 Å². The molecule has 1 fully saturated rings. The van der Waals surface area contributed by atoms with Gasteiger partial charge in [0.2, 0.25) is 0 Å². The minimum atomic E-state index is -0.0643. The SMILES string of the molecule is C#CC(NN)C(C)(CC)N1CCCC1. The lowest BCUT2D eigenvalue weighted by atomic mass is 9.88. The van der Waals surface area contributed by atoms with E-state index in [9.17, 15) is 0 Å². The first-order valence-corrected chi connectivity index (χ1v) is 5.36. The molecule has 0 aromatic rings. The van der Waals surface area contributed by atoms with Crippen molar-refractivity contribution in [3.63, 3.8) is 0 Å². The van der Waals surface area contributed by atoms with E-state index in [1.165, 1.54) is 12.8 Å². The highest BCUT2D eigenvalue weighted by molar-refractivity contribution is 5.11. The quantitative estimate of drug-likeness (QED) is 0.394. The molecule has 14 heavy (non-hydrogen) atoms. The Hall–Kier alpha value is -0.560. The minimum absolute atomic E-state index is 0. The number of nitrogens with one attached hydrogen (secondary N) is 1. The fraction of sp³-hybridized carbons (Fsp3) is 0.818. The highest BCUT2D eigenvalue weighted by Crippen LogP contribution is 2.27. The Morgan fingerprint density at radius 1 is 1.57 bits per heavy atom. The summed E-state index contributed by atoms with van der Waals surface area (Å²) >= 11 is 0. The number of hydrogen-bond donors (Lipinski definition) is 2. The zero-order valence-electron chi connectivity index (χ0n) is 9.21. The molecule has 1 rings (SSSR count). The number of terminal acetylenes is 1. The lowest BCUT2D eigenvalue weighted by Crippen LogP contribution is -2.59. The second-order valence-electron chi connectivity index (χ2n) is 4.17. The minimum Gasteiger partial charge on any atom is -0.295 e. The summed E-state index contributed by atoms with van der Waals surface area (Å²) in [4.78, 5) is 2.46. The number of nitrogens with zero attached hydrogens (tertiary/aromatic N) is 1. The lowest BCUT2D eigenvalue weighted by Gasteiger charge is -2.41. The van der Waals surface area contributed by atoms with Gasteiger partial charge in [0.25, 0.3) is 0 Å². The van der Waals surface area contributed by atoms with Crippen molar-refractivity contribution in [1.29, 1.82) is 0 Å². The first-order valence-electron chi connectivity index (χ1n) is 5.36. The molecule has 1 saturated heterocycles. The highest BCUT2D eigenvalue weighted by Gasteiger charge is 2.38. The van der Waals surface area contributed by atoms with E-state index in [4.69, 9.17) is 12.3 Å². The van der Waals surface area contributed by atoms with Crippen LogP contribution in [-0.4, -0.2) is 29.6 Å². The molecule has 1 aliphatic heterocycles. The molecule has 0 bridgehead atoms. The normalized spacial score (nSPS) is 24.1. The molecule has 3 nitrogen and oxygen atoms in total. The van der Waals surface area contributed by atoms with Gasteiger partial charge >= 0.3 is 0 Å². The monoisotopic (exact) mass is 195 g/mol. The molecule has 0 spiro atoms. The van der Waals surface area contributed by atoms with Crippen molar-refractivity contribution in [3.05, 3.63) is 0 Å². The predicted molar refractivity (Wildman–Crippen MR) is 59.4 cm³/mol. The molecule has 1 aliphatic rings. The summed E-state index contributed by atoms with van der Waals surface area (Å²) in [6.07, 6.45) is 9.06. The average Bonchev–Trinajstić information content (AvgIpc) is 2.72. The molecule has 2 unspecified atom stereocenters. The number of hydrazine groups is 1. The summed E-state index contributed by atoms with van der Waals surface area (Å²) in [5.41, 5.74) is 2.74. The summed E-state index contributed by atoms with van der Waals surface area (Å²) in [6, 6.07) is -0.0643. The standard InChI is InChI=1S/C11H21N3/c1-4-10(13-12)11(3,5-2)14-8-6-7-9-14/h1,10,13H,5-9,12H2,2-3H3. The van der Waals surface area contributed by atoms with Gasteiger partial charge < -0.3 is 0 Å². The Bertz CT molecular complexity index is 215. The summed E-state index contributed by atoms with van der Waals surface area (Å²) in [6.45, 7) is 6.65. The second-order valence-corrected chi connectivity index (χ2v) is 4.17. The Morgan fingerprint density at radius 3 is 2.50 bits per heavy atom. The van der Waals surface area contributed by atoms with Crippen molar-refractivity contribution in [2.45, 2.75) is 44.7 Å². The van der Waals surface area contributed by atoms with Crippen molar-refractivity contribution in [3.8, 4) is 12.3 Å². The molecule has 0 radical (unpaired) electrons. The lowest BCUT2D eigenvalue weighted by molar-refractivity contribution is 0.105. The second kappa shape index (κ2) is 4.79. The van der Waals surface area contributed by atoms with Crippen LogP contribution in [0.25, 0.3) is 0 Å². The summed E-state index contributed by atoms with van der Waals surface area (Å²) < 4.78 is 0. The molecule has 0 amide bonds. The van der Waals surface area contributed by atoms with Gasteiger partial charge in [-0.1, -0.05) is 12.8 Å². The third-order valence-corrected chi connectivity index (χ3v) is 3.50. The van der Waals surface area contributed by atoms with Gasteiger partial charge in [0, 0.05) is 5.54 Å². The average molecular weight is 195 g/mol. The largest absolute Gasteiger partial charge is 0.295 e. The Balaban J connectivity index is 2.78. The Labute approximate surface area is 87.0 Å². The number of nitrogens with two attached hydrogens (primary N) is 1. The fourth-order valence-electron chi connectivity index (χ4n) is 2.25. The van der Waals surface area contributed by atoms with Gasteiger partial charge in [0.15, 0.2) is 0 Å². The van der Waals surface area contributed by atoms with Gasteiger partial charge in [0.1, 0.15) is 0 Å². The zero-order chi connectivity index (χ0) is 10.6. The topological polar surface area (TPSA) is 41.3 Å². The fourth-order valence-corrected chi connectivity index (χ4v) is 2.25. The molecule has 3 N–H and O–H groups in total. The van der Waals surface area contributed by atoms with Crippen LogP contribution >= 0.6 is 0 Å². The van der Waals surface area contributed by atoms with Crippen LogP contribution < -0.4 is 11.3 Å². The molecule has 0 aromatic heterocycles. The van der Waals surface area contributed by atoms with Crippen LogP contribution in [0.2, 0.25) is 0 Å². The molecule has 0 saturated carbocycles. The van der Waals surface area contributed by atoms with Gasteiger partial charge in [-0.15, -0.1) is 6.42 Å². The number of hydrogen-bond acceptors (Lipinski definition) is 3. The summed E-state index contributed by atoms with van der Waals surface area (Å²) in [7, 11) is 0. The van der Waals surface area contributed by atoms with Crippen molar-refractivity contribution in [1.82, 2.24) is 10.3 Å². The zero-order valence-corrected chi connectivity index (χ0v) is 9.21. The maximum Gasteiger partial charge on any atom is 0.0995 e. The molecule has 0 aliphatic carbocycles. The van der Waals surface area contributed by atoms with E-state index in [1.807, 2.05) is 0 Å². The van der Waals surface area contributed by atoms with Crippen LogP contribution in [0.3, 0.4) is 0 Å².